The van der Waals surface area contributed by atoms with Crippen LogP contribution in [0.2, 0.25) is 0 Å². The maximum absolute atomic E-state index is 12.3. The van der Waals surface area contributed by atoms with Crippen molar-refractivity contribution in [3.05, 3.63) is 71.5 Å². The first-order chi connectivity index (χ1) is 14.7. The number of rotatable bonds is 11. The van der Waals surface area contributed by atoms with Gasteiger partial charge < -0.3 is 14.6 Å². The number of hydrogen-bond acceptors (Lipinski definition) is 5. The summed E-state index contributed by atoms with van der Waals surface area (Å²) in [6, 6.07) is 18.1. The highest BCUT2D eigenvalue weighted by Gasteiger charge is 2.14. The summed E-state index contributed by atoms with van der Waals surface area (Å²) in [7, 11) is 1.64. The first-order valence-electron chi connectivity index (χ1n) is 10.2. The smallest absolute Gasteiger partial charge is 0.230 e. The van der Waals surface area contributed by atoms with Crippen LogP contribution < -0.4 is 10.1 Å². The number of thioether (sulfide) groups is 1. The van der Waals surface area contributed by atoms with Gasteiger partial charge in [0.1, 0.15) is 11.6 Å². The zero-order valence-corrected chi connectivity index (χ0v) is 18.3. The fourth-order valence-electron chi connectivity index (χ4n) is 3.08. The van der Waals surface area contributed by atoms with Crippen LogP contribution in [0.15, 0.2) is 59.8 Å². The maximum Gasteiger partial charge on any atom is 0.230 e. The standard InChI is InChI=1S/C23H28N4O2S/c1-3-15-27-21(14-11-18-7-5-4-6-8-18)25-26-23(27)30-17-22(28)24-16-19-9-12-20(29-2)13-10-19/h4-10,12-13H,3,11,14-17H2,1-2H3,(H,24,28). The summed E-state index contributed by atoms with van der Waals surface area (Å²) in [6.45, 7) is 3.48. The predicted octanol–water partition coefficient (Wildman–Crippen LogP) is 3.89. The molecular weight excluding hydrogens is 396 g/mol. The van der Waals surface area contributed by atoms with Crippen molar-refractivity contribution in [2.45, 2.75) is 44.4 Å². The SMILES string of the molecule is CCCn1c(CCc2ccccc2)nnc1SCC(=O)NCc1ccc(OC)cc1. The Hall–Kier alpha value is -2.80. The lowest BCUT2D eigenvalue weighted by Crippen LogP contribution is -2.24. The largest absolute Gasteiger partial charge is 0.497 e. The van der Waals surface area contributed by atoms with Crippen LogP contribution >= 0.6 is 11.8 Å². The molecule has 6 nitrogen and oxygen atoms in total. The maximum atomic E-state index is 12.3. The van der Waals surface area contributed by atoms with E-state index in [-0.39, 0.29) is 5.91 Å². The van der Waals surface area contributed by atoms with Crippen molar-refractivity contribution in [3.63, 3.8) is 0 Å². The quantitative estimate of drug-likeness (QED) is 0.473. The van der Waals surface area contributed by atoms with Crippen LogP contribution in [0, 0.1) is 0 Å². The highest BCUT2D eigenvalue weighted by molar-refractivity contribution is 7.99. The number of amides is 1. The van der Waals surface area contributed by atoms with Crippen molar-refractivity contribution >= 4 is 17.7 Å². The van der Waals surface area contributed by atoms with Crippen LogP contribution in [0.3, 0.4) is 0 Å². The number of carbonyl (C=O) groups is 1. The van der Waals surface area contributed by atoms with Gasteiger partial charge in [0.15, 0.2) is 5.16 Å². The Labute approximate surface area is 182 Å². The number of aryl methyl sites for hydroxylation is 2. The molecule has 0 spiro atoms. The molecule has 0 aliphatic heterocycles. The van der Waals surface area contributed by atoms with Crippen LogP contribution in [0.1, 0.15) is 30.3 Å². The van der Waals surface area contributed by atoms with Crippen molar-refractivity contribution < 1.29 is 9.53 Å². The second-order valence-corrected chi connectivity index (χ2v) is 7.89. The van der Waals surface area contributed by atoms with E-state index in [2.05, 4.69) is 51.3 Å². The minimum Gasteiger partial charge on any atom is -0.497 e. The first-order valence-corrected chi connectivity index (χ1v) is 11.2. The van der Waals surface area contributed by atoms with Crippen molar-refractivity contribution in [2.24, 2.45) is 0 Å². The molecule has 0 aliphatic carbocycles. The van der Waals surface area contributed by atoms with Crippen molar-refractivity contribution in [1.29, 1.82) is 0 Å². The van der Waals surface area contributed by atoms with Crippen molar-refractivity contribution in [2.75, 3.05) is 12.9 Å². The second-order valence-electron chi connectivity index (χ2n) is 6.95. The highest BCUT2D eigenvalue weighted by Crippen LogP contribution is 2.19. The molecule has 0 fully saturated rings. The molecule has 0 saturated heterocycles. The Morgan fingerprint density at radius 3 is 2.50 bits per heavy atom. The van der Waals surface area contributed by atoms with Gasteiger partial charge in [0.25, 0.3) is 0 Å². The van der Waals surface area contributed by atoms with E-state index in [4.69, 9.17) is 4.74 Å². The van der Waals surface area contributed by atoms with Crippen LogP contribution in [0.25, 0.3) is 0 Å². The number of benzene rings is 2. The highest BCUT2D eigenvalue weighted by atomic mass is 32.2. The molecule has 0 aliphatic rings. The number of ether oxygens (including phenoxy) is 1. The van der Waals surface area contributed by atoms with E-state index in [1.54, 1.807) is 7.11 Å². The molecule has 0 atom stereocenters. The lowest BCUT2D eigenvalue weighted by molar-refractivity contribution is -0.118. The molecule has 2 aromatic carbocycles. The van der Waals surface area contributed by atoms with Gasteiger partial charge in [-0.25, -0.2) is 0 Å². The molecule has 3 aromatic rings. The molecular formula is C23H28N4O2S. The van der Waals surface area contributed by atoms with E-state index in [0.717, 1.165) is 48.1 Å². The van der Waals surface area contributed by atoms with Crippen LogP contribution in [-0.2, 0) is 30.7 Å². The molecule has 3 rings (SSSR count). The van der Waals surface area contributed by atoms with Gasteiger partial charge >= 0.3 is 0 Å². The van der Waals surface area contributed by atoms with Crippen molar-refractivity contribution in [3.8, 4) is 5.75 Å². The molecule has 30 heavy (non-hydrogen) atoms. The van der Waals surface area contributed by atoms with Gasteiger partial charge in [-0.05, 0) is 36.1 Å². The Morgan fingerprint density at radius 2 is 1.80 bits per heavy atom. The second kappa shape index (κ2) is 11.4. The fraction of sp³-hybridized carbons (Fsp3) is 0.348. The summed E-state index contributed by atoms with van der Waals surface area (Å²) < 4.78 is 7.30. The van der Waals surface area contributed by atoms with E-state index >= 15 is 0 Å². The summed E-state index contributed by atoms with van der Waals surface area (Å²) in [5, 5.41) is 12.5. The number of nitrogens with one attached hydrogen (secondary N) is 1. The molecule has 158 valence electrons. The minimum atomic E-state index is -0.0206. The molecule has 1 amide bonds. The molecule has 1 heterocycles. The topological polar surface area (TPSA) is 69.0 Å². The van der Waals surface area contributed by atoms with Crippen LogP contribution in [0.5, 0.6) is 5.75 Å². The zero-order chi connectivity index (χ0) is 21.2. The van der Waals surface area contributed by atoms with E-state index < -0.39 is 0 Å². The number of carbonyl (C=O) groups excluding carboxylic acids is 1. The average Bonchev–Trinajstić information content (AvgIpc) is 3.17. The van der Waals surface area contributed by atoms with Crippen molar-refractivity contribution in [1.82, 2.24) is 20.1 Å². The van der Waals surface area contributed by atoms with E-state index in [9.17, 15) is 4.79 Å². The molecule has 0 unspecified atom stereocenters. The molecule has 1 aromatic heterocycles. The normalized spacial score (nSPS) is 10.7. The van der Waals surface area contributed by atoms with Gasteiger partial charge in [-0.2, -0.15) is 0 Å². The number of aromatic nitrogens is 3. The van der Waals surface area contributed by atoms with E-state index in [1.165, 1.54) is 17.3 Å². The van der Waals surface area contributed by atoms with Gasteiger partial charge in [0, 0.05) is 19.5 Å². The molecule has 0 bridgehead atoms. The van der Waals surface area contributed by atoms with Gasteiger partial charge in [-0.3, -0.25) is 4.79 Å². The first kappa shape index (κ1) is 21.9. The lowest BCUT2D eigenvalue weighted by atomic mass is 10.1. The lowest BCUT2D eigenvalue weighted by Gasteiger charge is -2.09. The van der Waals surface area contributed by atoms with E-state index in [1.807, 2.05) is 30.3 Å². The summed E-state index contributed by atoms with van der Waals surface area (Å²) in [5.74, 6) is 2.07. The Balaban J connectivity index is 1.52. The van der Waals surface area contributed by atoms with Crippen LogP contribution in [0.4, 0.5) is 0 Å². The third kappa shape index (κ3) is 6.35. The molecule has 7 heteroatoms. The third-order valence-electron chi connectivity index (χ3n) is 4.70. The number of hydrogen-bond donors (Lipinski definition) is 1. The Morgan fingerprint density at radius 1 is 1.03 bits per heavy atom. The van der Waals surface area contributed by atoms with Gasteiger partial charge in [0.05, 0.1) is 12.9 Å². The predicted molar refractivity (Wildman–Crippen MR) is 120 cm³/mol. The molecule has 0 saturated carbocycles. The molecule has 1 N–H and O–H groups in total. The number of nitrogens with zero attached hydrogens (tertiary/aromatic N) is 3. The van der Waals surface area contributed by atoms with Crippen LogP contribution in [-0.4, -0.2) is 33.5 Å². The summed E-state index contributed by atoms with van der Waals surface area (Å²) in [6.07, 6.45) is 2.75. The summed E-state index contributed by atoms with van der Waals surface area (Å²) in [5.41, 5.74) is 2.32. The average molecular weight is 425 g/mol. The Bertz CT molecular complexity index is 926. The summed E-state index contributed by atoms with van der Waals surface area (Å²) >= 11 is 1.44. The molecule has 0 radical (unpaired) electrons. The Kier molecular flexibility index (Phi) is 8.32. The van der Waals surface area contributed by atoms with Gasteiger partial charge in [0.2, 0.25) is 5.91 Å². The summed E-state index contributed by atoms with van der Waals surface area (Å²) in [4.78, 5) is 12.3. The minimum absolute atomic E-state index is 0.0206. The fourth-order valence-corrected chi connectivity index (χ4v) is 3.90. The number of methoxy groups -OCH3 is 1. The monoisotopic (exact) mass is 424 g/mol. The third-order valence-corrected chi connectivity index (χ3v) is 5.67. The van der Waals surface area contributed by atoms with Gasteiger partial charge in [-0.15, -0.1) is 10.2 Å². The van der Waals surface area contributed by atoms with Gasteiger partial charge in [-0.1, -0.05) is 61.2 Å². The zero-order valence-electron chi connectivity index (χ0n) is 17.5. The van der Waals surface area contributed by atoms with E-state index in [0.29, 0.717) is 12.3 Å².